The third-order valence-electron chi connectivity index (χ3n) is 2.89. The standard InChI is InChI=1S/C16H26N2O2/c1-6-17-10-14-9-12(4)7-8-15(14)20-13(5)16(19)18-11(2)3/h7-9,11,13,17H,6,10H2,1-5H3,(H,18,19). The number of nitrogens with one attached hydrogen (secondary N) is 2. The van der Waals surface area contributed by atoms with Crippen LogP contribution in [0.4, 0.5) is 0 Å². The second-order valence-electron chi connectivity index (χ2n) is 5.31. The fourth-order valence-electron chi connectivity index (χ4n) is 1.87. The number of aryl methyl sites for hydroxylation is 1. The highest BCUT2D eigenvalue weighted by atomic mass is 16.5. The number of hydrogen-bond acceptors (Lipinski definition) is 3. The average molecular weight is 278 g/mol. The van der Waals surface area contributed by atoms with Crippen LogP contribution in [0.2, 0.25) is 0 Å². The Morgan fingerprint density at radius 3 is 2.60 bits per heavy atom. The highest BCUT2D eigenvalue weighted by Crippen LogP contribution is 2.21. The Bertz CT molecular complexity index is 444. The molecule has 1 amide bonds. The number of carbonyl (C=O) groups is 1. The summed E-state index contributed by atoms with van der Waals surface area (Å²) in [6, 6.07) is 6.14. The van der Waals surface area contributed by atoms with Crippen LogP contribution in [0.5, 0.6) is 5.75 Å². The molecule has 4 nitrogen and oxygen atoms in total. The molecule has 0 fully saturated rings. The molecule has 4 heteroatoms. The molecule has 0 saturated heterocycles. The Kier molecular flexibility index (Phi) is 6.52. The van der Waals surface area contributed by atoms with Gasteiger partial charge < -0.3 is 15.4 Å². The monoisotopic (exact) mass is 278 g/mol. The predicted molar refractivity (Wildman–Crippen MR) is 81.9 cm³/mol. The zero-order valence-corrected chi connectivity index (χ0v) is 13.1. The van der Waals surface area contributed by atoms with Gasteiger partial charge in [0.05, 0.1) is 0 Å². The van der Waals surface area contributed by atoms with Gasteiger partial charge in [0.2, 0.25) is 0 Å². The lowest BCUT2D eigenvalue weighted by Crippen LogP contribution is -2.40. The summed E-state index contributed by atoms with van der Waals surface area (Å²) >= 11 is 0. The van der Waals surface area contributed by atoms with E-state index in [1.54, 1.807) is 6.92 Å². The zero-order chi connectivity index (χ0) is 15.1. The first kappa shape index (κ1) is 16.5. The van der Waals surface area contributed by atoms with Gasteiger partial charge in [-0.05, 0) is 40.3 Å². The first-order chi connectivity index (χ1) is 9.43. The Labute approximate surface area is 121 Å². The molecule has 1 aromatic carbocycles. The Hall–Kier alpha value is -1.55. The molecule has 1 rings (SSSR count). The number of ether oxygens (including phenoxy) is 1. The van der Waals surface area contributed by atoms with E-state index in [2.05, 4.69) is 23.6 Å². The zero-order valence-electron chi connectivity index (χ0n) is 13.1. The minimum atomic E-state index is -0.500. The van der Waals surface area contributed by atoms with Crippen LogP contribution in [-0.2, 0) is 11.3 Å². The Morgan fingerprint density at radius 2 is 2.00 bits per heavy atom. The van der Waals surface area contributed by atoms with E-state index in [4.69, 9.17) is 4.74 Å². The third kappa shape index (κ3) is 5.21. The number of carbonyl (C=O) groups excluding carboxylic acids is 1. The molecule has 0 heterocycles. The topological polar surface area (TPSA) is 50.4 Å². The van der Waals surface area contributed by atoms with Gasteiger partial charge in [-0.1, -0.05) is 24.6 Å². The van der Waals surface area contributed by atoms with Gasteiger partial charge in [-0.3, -0.25) is 4.79 Å². The van der Waals surface area contributed by atoms with E-state index in [1.165, 1.54) is 5.56 Å². The molecule has 112 valence electrons. The molecule has 0 aliphatic heterocycles. The van der Waals surface area contributed by atoms with Crippen molar-refractivity contribution in [2.24, 2.45) is 0 Å². The van der Waals surface area contributed by atoms with Crippen molar-refractivity contribution >= 4 is 5.91 Å². The number of hydrogen-bond donors (Lipinski definition) is 2. The van der Waals surface area contributed by atoms with E-state index >= 15 is 0 Å². The second-order valence-corrected chi connectivity index (χ2v) is 5.31. The van der Waals surface area contributed by atoms with Crippen LogP contribution in [0.1, 0.15) is 38.8 Å². The largest absolute Gasteiger partial charge is 0.481 e. The number of amides is 1. The lowest BCUT2D eigenvalue weighted by atomic mass is 10.1. The smallest absolute Gasteiger partial charge is 0.260 e. The minimum absolute atomic E-state index is 0.0880. The van der Waals surface area contributed by atoms with Gasteiger partial charge in [-0.2, -0.15) is 0 Å². The lowest BCUT2D eigenvalue weighted by Gasteiger charge is -2.19. The van der Waals surface area contributed by atoms with Gasteiger partial charge in [0.15, 0.2) is 6.10 Å². The van der Waals surface area contributed by atoms with Crippen molar-refractivity contribution in [1.29, 1.82) is 0 Å². The van der Waals surface area contributed by atoms with Crippen molar-refractivity contribution in [2.75, 3.05) is 6.54 Å². The quantitative estimate of drug-likeness (QED) is 0.805. The summed E-state index contributed by atoms with van der Waals surface area (Å²) in [6.45, 7) is 11.4. The lowest BCUT2D eigenvalue weighted by molar-refractivity contribution is -0.127. The van der Waals surface area contributed by atoms with Crippen LogP contribution < -0.4 is 15.4 Å². The van der Waals surface area contributed by atoms with Crippen molar-refractivity contribution < 1.29 is 9.53 Å². The SMILES string of the molecule is CCNCc1cc(C)ccc1OC(C)C(=O)NC(C)C. The summed E-state index contributed by atoms with van der Waals surface area (Å²) in [6.07, 6.45) is -0.500. The van der Waals surface area contributed by atoms with Crippen molar-refractivity contribution in [3.05, 3.63) is 29.3 Å². The van der Waals surface area contributed by atoms with Crippen LogP contribution in [0.3, 0.4) is 0 Å². The number of benzene rings is 1. The molecule has 0 aromatic heterocycles. The molecular weight excluding hydrogens is 252 g/mol. The molecule has 1 aromatic rings. The van der Waals surface area contributed by atoms with Gasteiger partial charge in [0, 0.05) is 18.2 Å². The fraction of sp³-hybridized carbons (Fsp3) is 0.562. The average Bonchev–Trinajstić information content (AvgIpc) is 2.38. The maximum Gasteiger partial charge on any atom is 0.260 e. The van der Waals surface area contributed by atoms with E-state index < -0.39 is 6.10 Å². The molecular formula is C16H26N2O2. The van der Waals surface area contributed by atoms with Crippen molar-refractivity contribution in [1.82, 2.24) is 10.6 Å². The van der Waals surface area contributed by atoms with Gasteiger partial charge in [0.1, 0.15) is 5.75 Å². The molecule has 2 N–H and O–H groups in total. The summed E-state index contributed by atoms with van der Waals surface area (Å²) in [5.41, 5.74) is 2.26. The van der Waals surface area contributed by atoms with Crippen LogP contribution in [-0.4, -0.2) is 24.6 Å². The van der Waals surface area contributed by atoms with E-state index in [0.717, 1.165) is 24.4 Å². The Balaban J connectivity index is 2.77. The van der Waals surface area contributed by atoms with Gasteiger partial charge in [-0.25, -0.2) is 0 Å². The summed E-state index contributed by atoms with van der Waals surface area (Å²) < 4.78 is 5.81. The molecule has 1 unspecified atom stereocenters. The van der Waals surface area contributed by atoms with Crippen LogP contribution in [0.15, 0.2) is 18.2 Å². The van der Waals surface area contributed by atoms with Gasteiger partial charge in [0.25, 0.3) is 5.91 Å². The molecule has 0 aliphatic carbocycles. The predicted octanol–water partition coefficient (Wildman–Crippen LogP) is 2.40. The van der Waals surface area contributed by atoms with E-state index in [0.29, 0.717) is 0 Å². The highest BCUT2D eigenvalue weighted by Gasteiger charge is 2.16. The molecule has 0 spiro atoms. The first-order valence-corrected chi connectivity index (χ1v) is 7.21. The first-order valence-electron chi connectivity index (χ1n) is 7.21. The molecule has 20 heavy (non-hydrogen) atoms. The van der Waals surface area contributed by atoms with Crippen LogP contribution in [0, 0.1) is 6.92 Å². The highest BCUT2D eigenvalue weighted by molar-refractivity contribution is 5.80. The maximum atomic E-state index is 11.9. The number of rotatable bonds is 7. The molecule has 0 saturated carbocycles. The van der Waals surface area contributed by atoms with Crippen LogP contribution in [0.25, 0.3) is 0 Å². The van der Waals surface area contributed by atoms with Crippen LogP contribution >= 0.6 is 0 Å². The summed E-state index contributed by atoms with van der Waals surface area (Å²) in [5.74, 6) is 0.679. The normalized spacial score (nSPS) is 12.3. The minimum Gasteiger partial charge on any atom is -0.481 e. The summed E-state index contributed by atoms with van der Waals surface area (Å²) in [5, 5.41) is 6.14. The molecule has 0 aliphatic rings. The fourth-order valence-corrected chi connectivity index (χ4v) is 1.87. The summed E-state index contributed by atoms with van der Waals surface area (Å²) in [4.78, 5) is 11.9. The Morgan fingerprint density at radius 1 is 1.30 bits per heavy atom. The van der Waals surface area contributed by atoms with Crippen molar-refractivity contribution in [3.8, 4) is 5.75 Å². The van der Waals surface area contributed by atoms with E-state index in [1.807, 2.05) is 32.9 Å². The van der Waals surface area contributed by atoms with E-state index in [-0.39, 0.29) is 11.9 Å². The maximum absolute atomic E-state index is 11.9. The summed E-state index contributed by atoms with van der Waals surface area (Å²) in [7, 11) is 0. The molecule has 0 radical (unpaired) electrons. The van der Waals surface area contributed by atoms with Crippen molar-refractivity contribution in [3.63, 3.8) is 0 Å². The molecule has 0 bridgehead atoms. The van der Waals surface area contributed by atoms with Gasteiger partial charge >= 0.3 is 0 Å². The molecule has 1 atom stereocenters. The third-order valence-corrected chi connectivity index (χ3v) is 2.89. The second kappa shape index (κ2) is 7.90. The van der Waals surface area contributed by atoms with Gasteiger partial charge in [-0.15, -0.1) is 0 Å². The van der Waals surface area contributed by atoms with E-state index in [9.17, 15) is 4.79 Å². The van der Waals surface area contributed by atoms with Crippen molar-refractivity contribution in [2.45, 2.75) is 53.3 Å².